The largest absolute Gasteiger partial charge is 0.508 e. The summed E-state index contributed by atoms with van der Waals surface area (Å²) in [5.74, 6) is 0.433. The predicted octanol–water partition coefficient (Wildman–Crippen LogP) is 4.56. The van der Waals surface area contributed by atoms with Crippen LogP contribution in [-0.2, 0) is 0 Å². The minimum Gasteiger partial charge on any atom is -0.508 e. The van der Waals surface area contributed by atoms with Crippen molar-refractivity contribution in [3.63, 3.8) is 0 Å². The van der Waals surface area contributed by atoms with E-state index in [4.69, 9.17) is 4.42 Å². The molecule has 0 spiro atoms. The van der Waals surface area contributed by atoms with Gasteiger partial charge in [-0.15, -0.1) is 0 Å². The number of aromatic hydroxyl groups is 1. The van der Waals surface area contributed by atoms with Gasteiger partial charge in [0.1, 0.15) is 11.3 Å². The summed E-state index contributed by atoms with van der Waals surface area (Å²) >= 11 is 3.69. The number of alkyl halides is 1. The second kappa shape index (κ2) is 6.89. The fourth-order valence-corrected chi connectivity index (χ4v) is 4.68. The topological polar surface area (TPSA) is 70.7 Å². The number of hydrogen-bond donors (Lipinski definition) is 2. The molecule has 0 saturated heterocycles. The van der Waals surface area contributed by atoms with Gasteiger partial charge in [-0.3, -0.25) is 0 Å². The van der Waals surface area contributed by atoms with Crippen molar-refractivity contribution in [3.05, 3.63) is 64.5 Å². The summed E-state index contributed by atoms with van der Waals surface area (Å²) in [5, 5.41) is 20.1. The first-order valence-corrected chi connectivity index (χ1v) is 9.62. The van der Waals surface area contributed by atoms with E-state index in [0.717, 1.165) is 30.2 Å². The summed E-state index contributed by atoms with van der Waals surface area (Å²) in [6.07, 6.45) is 2.29. The molecule has 3 unspecified atom stereocenters. The summed E-state index contributed by atoms with van der Waals surface area (Å²) in [5.41, 5.74) is 2.47. The molecule has 0 aliphatic heterocycles. The van der Waals surface area contributed by atoms with Gasteiger partial charge in [-0.1, -0.05) is 40.2 Å². The lowest BCUT2D eigenvalue weighted by Crippen LogP contribution is -2.26. The Labute approximate surface area is 159 Å². The Morgan fingerprint density at radius 3 is 2.54 bits per heavy atom. The molecule has 0 radical (unpaired) electrons. The molecule has 4 rings (SSSR count). The van der Waals surface area contributed by atoms with Gasteiger partial charge in [0.05, 0.1) is 11.7 Å². The van der Waals surface area contributed by atoms with Crippen molar-refractivity contribution in [2.75, 3.05) is 0 Å². The number of rotatable bonds is 2. The lowest BCUT2D eigenvalue weighted by Gasteiger charge is -2.31. The predicted molar refractivity (Wildman–Crippen MR) is 105 cm³/mol. The third kappa shape index (κ3) is 3.29. The van der Waals surface area contributed by atoms with Crippen LogP contribution in [0.5, 0.6) is 5.75 Å². The Balaban J connectivity index is 1.67. The van der Waals surface area contributed by atoms with Gasteiger partial charge in [-0.25, -0.2) is 4.79 Å². The molecule has 0 amide bonds. The van der Waals surface area contributed by atoms with Crippen LogP contribution in [0.3, 0.4) is 0 Å². The molecule has 2 N–H and O–H groups in total. The Morgan fingerprint density at radius 2 is 1.81 bits per heavy atom. The molecule has 1 aliphatic rings. The molecule has 4 nitrogen and oxygen atoms in total. The minimum atomic E-state index is -0.421. The molecular formula is C21H19BrO4. The fraction of sp³-hybridized carbons (Fsp3) is 0.286. The van der Waals surface area contributed by atoms with Crippen LogP contribution in [0.2, 0.25) is 0 Å². The molecule has 0 bridgehead atoms. The summed E-state index contributed by atoms with van der Waals surface area (Å²) in [4.78, 5) is 12.6. The molecule has 3 atom stereocenters. The van der Waals surface area contributed by atoms with Crippen molar-refractivity contribution < 1.29 is 14.6 Å². The molecule has 1 aliphatic carbocycles. The highest BCUT2D eigenvalue weighted by Gasteiger charge is 2.28. The molecule has 134 valence electrons. The zero-order valence-electron chi connectivity index (χ0n) is 14.1. The van der Waals surface area contributed by atoms with Gasteiger partial charge in [0, 0.05) is 16.3 Å². The summed E-state index contributed by atoms with van der Waals surface area (Å²) < 4.78 is 5.35. The molecule has 3 aromatic rings. The second-order valence-electron chi connectivity index (χ2n) is 6.88. The van der Waals surface area contributed by atoms with Crippen LogP contribution in [0.1, 0.15) is 30.7 Å². The number of halogens is 1. The number of phenolic OH excluding ortho intramolecular Hbond substituents is 1. The van der Waals surface area contributed by atoms with E-state index in [0.29, 0.717) is 17.1 Å². The van der Waals surface area contributed by atoms with Crippen LogP contribution in [-0.4, -0.2) is 21.1 Å². The van der Waals surface area contributed by atoms with Crippen LogP contribution in [0.25, 0.3) is 22.1 Å². The third-order valence-electron chi connectivity index (χ3n) is 5.11. The number of fused-ring (bicyclic) bond motifs is 1. The SMILES string of the molecule is O=c1oc2cc(O)ccc2cc1-c1ccc(C2CCC(O)CC2Br)cc1. The number of benzene rings is 2. The van der Waals surface area contributed by atoms with Gasteiger partial charge in [-0.2, -0.15) is 0 Å². The highest BCUT2D eigenvalue weighted by atomic mass is 79.9. The van der Waals surface area contributed by atoms with E-state index in [2.05, 4.69) is 15.9 Å². The number of aliphatic hydroxyl groups is 1. The zero-order chi connectivity index (χ0) is 18.3. The molecule has 1 fully saturated rings. The van der Waals surface area contributed by atoms with Gasteiger partial charge in [0.25, 0.3) is 0 Å². The lowest BCUT2D eigenvalue weighted by atomic mass is 9.82. The van der Waals surface area contributed by atoms with E-state index in [1.807, 2.05) is 24.3 Å². The maximum Gasteiger partial charge on any atom is 0.344 e. The third-order valence-corrected chi connectivity index (χ3v) is 6.13. The monoisotopic (exact) mass is 414 g/mol. The standard InChI is InChI=1S/C21H19BrO4/c22-19-10-15(23)7-8-17(19)12-1-3-13(4-2-12)18-9-14-5-6-16(24)11-20(14)26-21(18)25/h1-6,9,11,15,17,19,23-24H,7-8,10H2. The quantitative estimate of drug-likeness (QED) is 0.476. The average Bonchev–Trinajstić information content (AvgIpc) is 2.61. The van der Waals surface area contributed by atoms with E-state index in [1.165, 1.54) is 11.6 Å². The van der Waals surface area contributed by atoms with Crippen LogP contribution < -0.4 is 5.63 Å². The van der Waals surface area contributed by atoms with Gasteiger partial charge in [0.2, 0.25) is 0 Å². The second-order valence-corrected chi connectivity index (χ2v) is 8.06. The van der Waals surface area contributed by atoms with E-state index in [1.54, 1.807) is 18.2 Å². The summed E-state index contributed by atoms with van der Waals surface area (Å²) in [7, 11) is 0. The lowest BCUT2D eigenvalue weighted by molar-refractivity contribution is 0.127. The molecule has 1 saturated carbocycles. The first-order chi connectivity index (χ1) is 12.5. The fourth-order valence-electron chi connectivity index (χ4n) is 3.68. The van der Waals surface area contributed by atoms with Gasteiger partial charge >= 0.3 is 5.63 Å². The van der Waals surface area contributed by atoms with Crippen LogP contribution in [0.4, 0.5) is 0 Å². The van der Waals surface area contributed by atoms with Crippen LogP contribution in [0.15, 0.2) is 57.7 Å². The minimum absolute atomic E-state index is 0.0691. The van der Waals surface area contributed by atoms with Crippen molar-refractivity contribution in [2.24, 2.45) is 0 Å². The van der Waals surface area contributed by atoms with E-state index >= 15 is 0 Å². The maximum absolute atomic E-state index is 12.3. The molecule has 5 heteroatoms. The summed E-state index contributed by atoms with van der Waals surface area (Å²) in [6.45, 7) is 0. The first-order valence-electron chi connectivity index (χ1n) is 8.70. The maximum atomic E-state index is 12.3. The first kappa shape index (κ1) is 17.3. The molecule has 2 aromatic carbocycles. The van der Waals surface area contributed by atoms with Crippen molar-refractivity contribution in [2.45, 2.75) is 36.1 Å². The molecule has 1 aromatic heterocycles. The number of aliphatic hydroxyl groups excluding tert-OH is 1. The average molecular weight is 415 g/mol. The van der Waals surface area contributed by atoms with E-state index in [-0.39, 0.29) is 16.7 Å². The molecular weight excluding hydrogens is 396 g/mol. The van der Waals surface area contributed by atoms with Gasteiger partial charge < -0.3 is 14.6 Å². The van der Waals surface area contributed by atoms with Crippen molar-refractivity contribution in [1.82, 2.24) is 0 Å². The Kier molecular flexibility index (Phi) is 4.59. The smallest absolute Gasteiger partial charge is 0.344 e. The van der Waals surface area contributed by atoms with Crippen molar-refractivity contribution >= 4 is 26.9 Å². The van der Waals surface area contributed by atoms with Crippen molar-refractivity contribution in [3.8, 4) is 16.9 Å². The van der Waals surface area contributed by atoms with Gasteiger partial charge in [0.15, 0.2) is 0 Å². The molecule has 26 heavy (non-hydrogen) atoms. The van der Waals surface area contributed by atoms with E-state index in [9.17, 15) is 15.0 Å². The normalized spacial score (nSPS) is 23.2. The Hall–Kier alpha value is -2.11. The van der Waals surface area contributed by atoms with Gasteiger partial charge in [-0.05, 0) is 54.5 Å². The number of phenols is 1. The Morgan fingerprint density at radius 1 is 1.04 bits per heavy atom. The molecule has 1 heterocycles. The highest BCUT2D eigenvalue weighted by molar-refractivity contribution is 9.09. The Bertz CT molecular complexity index is 993. The highest BCUT2D eigenvalue weighted by Crippen LogP contribution is 2.38. The van der Waals surface area contributed by atoms with Crippen molar-refractivity contribution in [1.29, 1.82) is 0 Å². The zero-order valence-corrected chi connectivity index (χ0v) is 15.6. The summed E-state index contributed by atoms with van der Waals surface area (Å²) in [6, 6.07) is 14.5. The van der Waals surface area contributed by atoms with Crippen LogP contribution >= 0.6 is 15.9 Å². The van der Waals surface area contributed by atoms with Crippen LogP contribution in [0, 0.1) is 0 Å². The van der Waals surface area contributed by atoms with E-state index < -0.39 is 5.63 Å². The number of hydrogen-bond acceptors (Lipinski definition) is 4.